The number of nitrogens with zero attached hydrogens (tertiary/aromatic N) is 1. The fraction of sp³-hybridized carbons (Fsp3) is 0.250. The third-order valence-corrected chi connectivity index (χ3v) is 3.21. The number of aliphatic carboxylic acids is 1. The molecule has 104 valence electrons. The summed E-state index contributed by atoms with van der Waals surface area (Å²) >= 11 is 0. The quantitative estimate of drug-likeness (QED) is 0.822. The molecule has 1 N–H and O–H groups in total. The van der Waals surface area contributed by atoms with E-state index in [4.69, 9.17) is 5.11 Å². The van der Waals surface area contributed by atoms with E-state index >= 15 is 0 Å². The van der Waals surface area contributed by atoms with Crippen LogP contribution < -0.4 is 0 Å². The number of carbonyl (C=O) groups excluding carboxylic acids is 1. The maximum absolute atomic E-state index is 11.6. The Hall–Kier alpha value is -2.36. The summed E-state index contributed by atoms with van der Waals surface area (Å²) in [6.45, 7) is 2.41. The van der Waals surface area contributed by atoms with Crippen molar-refractivity contribution in [3.8, 4) is 0 Å². The van der Waals surface area contributed by atoms with Gasteiger partial charge < -0.3 is 9.67 Å². The molecule has 0 aliphatic rings. The van der Waals surface area contributed by atoms with E-state index in [0.29, 0.717) is 18.5 Å². The van der Waals surface area contributed by atoms with Crippen molar-refractivity contribution in [3.63, 3.8) is 0 Å². The molecule has 0 unspecified atom stereocenters. The summed E-state index contributed by atoms with van der Waals surface area (Å²) in [4.78, 5) is 22.5. The molecule has 0 saturated heterocycles. The van der Waals surface area contributed by atoms with Crippen LogP contribution in [0.15, 0.2) is 42.7 Å². The predicted octanol–water partition coefficient (Wildman–Crippen LogP) is 2.76. The summed E-state index contributed by atoms with van der Waals surface area (Å²) in [6, 6.07) is 9.27. The van der Waals surface area contributed by atoms with Gasteiger partial charge in [0.05, 0.1) is 6.42 Å². The molecule has 2 aromatic rings. The Morgan fingerprint density at radius 1 is 1.15 bits per heavy atom. The first-order valence-electron chi connectivity index (χ1n) is 6.57. The van der Waals surface area contributed by atoms with E-state index < -0.39 is 5.97 Å². The van der Waals surface area contributed by atoms with E-state index in [0.717, 1.165) is 11.1 Å². The number of ketones is 1. The largest absolute Gasteiger partial charge is 0.481 e. The van der Waals surface area contributed by atoms with Crippen LogP contribution in [0.4, 0.5) is 0 Å². The minimum Gasteiger partial charge on any atom is -0.481 e. The van der Waals surface area contributed by atoms with Crippen molar-refractivity contribution < 1.29 is 14.7 Å². The SMILES string of the molecule is CCC(=O)c1ccn(Cc2ccccc2CC(=O)O)c1. The van der Waals surface area contributed by atoms with Crippen LogP contribution >= 0.6 is 0 Å². The van der Waals surface area contributed by atoms with Gasteiger partial charge in [-0.1, -0.05) is 31.2 Å². The minimum atomic E-state index is -0.841. The molecular weight excluding hydrogens is 254 g/mol. The molecule has 0 radical (unpaired) electrons. The van der Waals surface area contributed by atoms with Crippen molar-refractivity contribution in [1.82, 2.24) is 4.57 Å². The Balaban J connectivity index is 2.19. The van der Waals surface area contributed by atoms with Gasteiger partial charge in [0.15, 0.2) is 5.78 Å². The Morgan fingerprint density at radius 3 is 2.50 bits per heavy atom. The lowest BCUT2D eigenvalue weighted by atomic mass is 10.0. The zero-order chi connectivity index (χ0) is 14.5. The number of carboxylic acid groups (broad SMARTS) is 1. The highest BCUT2D eigenvalue weighted by molar-refractivity contribution is 5.95. The normalized spacial score (nSPS) is 10.4. The molecule has 0 saturated carbocycles. The number of carboxylic acids is 1. The second-order valence-electron chi connectivity index (χ2n) is 4.69. The first-order chi connectivity index (χ1) is 9.60. The molecule has 2 rings (SSSR count). The van der Waals surface area contributed by atoms with Gasteiger partial charge in [-0.05, 0) is 17.2 Å². The highest BCUT2D eigenvalue weighted by atomic mass is 16.4. The lowest BCUT2D eigenvalue weighted by Gasteiger charge is -2.08. The van der Waals surface area contributed by atoms with Gasteiger partial charge >= 0.3 is 5.97 Å². The minimum absolute atomic E-state index is 0.0121. The number of hydrogen-bond donors (Lipinski definition) is 1. The van der Waals surface area contributed by atoms with E-state index in [-0.39, 0.29) is 12.2 Å². The number of rotatable bonds is 6. The Kier molecular flexibility index (Phi) is 4.35. The average Bonchev–Trinajstić information content (AvgIpc) is 2.88. The molecule has 20 heavy (non-hydrogen) atoms. The molecule has 0 aliphatic carbocycles. The molecular formula is C16H17NO3. The van der Waals surface area contributed by atoms with Gasteiger partial charge in [0.1, 0.15) is 0 Å². The maximum atomic E-state index is 11.6. The highest BCUT2D eigenvalue weighted by Gasteiger charge is 2.08. The summed E-state index contributed by atoms with van der Waals surface area (Å²) < 4.78 is 1.91. The van der Waals surface area contributed by atoms with Gasteiger partial charge in [0, 0.05) is 30.9 Å². The standard InChI is InChI=1S/C16H17NO3/c1-2-15(18)14-7-8-17(11-14)10-13-6-4-3-5-12(13)9-16(19)20/h3-8,11H,2,9-10H2,1H3,(H,19,20). The van der Waals surface area contributed by atoms with E-state index in [1.165, 1.54) is 0 Å². The van der Waals surface area contributed by atoms with Crippen LogP contribution in [-0.2, 0) is 17.8 Å². The van der Waals surface area contributed by atoms with Crippen LogP contribution in [0.2, 0.25) is 0 Å². The number of carbonyl (C=O) groups is 2. The second kappa shape index (κ2) is 6.19. The van der Waals surface area contributed by atoms with Crippen LogP contribution in [-0.4, -0.2) is 21.4 Å². The van der Waals surface area contributed by atoms with Crippen molar-refractivity contribution in [2.45, 2.75) is 26.3 Å². The van der Waals surface area contributed by atoms with Gasteiger partial charge in [0.25, 0.3) is 0 Å². The van der Waals surface area contributed by atoms with Gasteiger partial charge in [-0.15, -0.1) is 0 Å². The molecule has 0 aliphatic heterocycles. The van der Waals surface area contributed by atoms with Crippen LogP contribution in [0.25, 0.3) is 0 Å². The Bertz CT molecular complexity index is 628. The first kappa shape index (κ1) is 14.1. The summed E-state index contributed by atoms with van der Waals surface area (Å²) in [6.07, 6.45) is 4.15. The van der Waals surface area contributed by atoms with Crippen LogP contribution in [0.3, 0.4) is 0 Å². The molecule has 4 heteroatoms. The molecule has 0 atom stereocenters. The van der Waals surface area contributed by atoms with Gasteiger partial charge in [0.2, 0.25) is 0 Å². The van der Waals surface area contributed by atoms with E-state index in [1.807, 2.05) is 48.1 Å². The lowest BCUT2D eigenvalue weighted by molar-refractivity contribution is -0.136. The van der Waals surface area contributed by atoms with Crippen LogP contribution in [0.5, 0.6) is 0 Å². The third kappa shape index (κ3) is 3.35. The molecule has 1 aromatic carbocycles. The van der Waals surface area contributed by atoms with Crippen molar-refractivity contribution in [2.75, 3.05) is 0 Å². The molecule has 0 fully saturated rings. The summed E-state index contributed by atoms with van der Waals surface area (Å²) in [7, 11) is 0. The predicted molar refractivity (Wildman–Crippen MR) is 75.9 cm³/mol. The summed E-state index contributed by atoms with van der Waals surface area (Å²) in [5.74, 6) is -0.727. The summed E-state index contributed by atoms with van der Waals surface area (Å²) in [5, 5.41) is 8.91. The number of hydrogen-bond acceptors (Lipinski definition) is 2. The van der Waals surface area contributed by atoms with Crippen LogP contribution in [0, 0.1) is 0 Å². The van der Waals surface area contributed by atoms with Gasteiger partial charge in [-0.25, -0.2) is 0 Å². The smallest absolute Gasteiger partial charge is 0.307 e. The second-order valence-corrected chi connectivity index (χ2v) is 4.69. The van der Waals surface area contributed by atoms with Crippen molar-refractivity contribution in [3.05, 3.63) is 59.4 Å². The summed E-state index contributed by atoms with van der Waals surface area (Å²) in [5.41, 5.74) is 2.46. The fourth-order valence-electron chi connectivity index (χ4n) is 2.15. The van der Waals surface area contributed by atoms with Crippen molar-refractivity contribution in [1.29, 1.82) is 0 Å². The highest BCUT2D eigenvalue weighted by Crippen LogP contribution is 2.13. The monoisotopic (exact) mass is 271 g/mol. The van der Waals surface area contributed by atoms with Crippen molar-refractivity contribution >= 4 is 11.8 Å². The fourth-order valence-corrected chi connectivity index (χ4v) is 2.15. The van der Waals surface area contributed by atoms with Crippen molar-refractivity contribution in [2.24, 2.45) is 0 Å². The molecule has 0 spiro atoms. The molecule has 0 bridgehead atoms. The molecule has 1 aromatic heterocycles. The number of Topliss-reactive ketones (excluding diaryl/α,β-unsaturated/α-hetero) is 1. The topological polar surface area (TPSA) is 59.3 Å². The molecule has 0 amide bonds. The number of aromatic nitrogens is 1. The van der Waals surface area contributed by atoms with Gasteiger partial charge in [-0.2, -0.15) is 0 Å². The lowest BCUT2D eigenvalue weighted by Crippen LogP contribution is -2.06. The maximum Gasteiger partial charge on any atom is 0.307 e. The zero-order valence-electron chi connectivity index (χ0n) is 11.4. The first-order valence-corrected chi connectivity index (χ1v) is 6.57. The molecule has 1 heterocycles. The Labute approximate surface area is 117 Å². The zero-order valence-corrected chi connectivity index (χ0v) is 11.4. The van der Waals surface area contributed by atoms with Crippen LogP contribution in [0.1, 0.15) is 34.8 Å². The van der Waals surface area contributed by atoms with E-state index in [9.17, 15) is 9.59 Å². The van der Waals surface area contributed by atoms with E-state index in [2.05, 4.69) is 0 Å². The Morgan fingerprint density at radius 2 is 1.85 bits per heavy atom. The van der Waals surface area contributed by atoms with E-state index in [1.54, 1.807) is 6.07 Å². The third-order valence-electron chi connectivity index (χ3n) is 3.21. The number of benzene rings is 1. The average molecular weight is 271 g/mol. The molecule has 4 nitrogen and oxygen atoms in total. The van der Waals surface area contributed by atoms with Gasteiger partial charge in [-0.3, -0.25) is 9.59 Å².